The van der Waals surface area contributed by atoms with Crippen LogP contribution in [0.3, 0.4) is 0 Å². The summed E-state index contributed by atoms with van der Waals surface area (Å²) in [5, 5.41) is 6.31. The van der Waals surface area contributed by atoms with E-state index in [1.165, 1.54) is 16.9 Å². The van der Waals surface area contributed by atoms with Gasteiger partial charge in [-0.25, -0.2) is 4.98 Å². The maximum Gasteiger partial charge on any atom is 0.273 e. The lowest BCUT2D eigenvalue weighted by Gasteiger charge is -2.38. The van der Waals surface area contributed by atoms with Gasteiger partial charge in [0, 0.05) is 23.7 Å². The normalized spacial score (nSPS) is 28.0. The second kappa shape index (κ2) is 4.94. The number of carbonyl (C=O) groups is 1. The summed E-state index contributed by atoms with van der Waals surface area (Å²) < 4.78 is 2.09. The summed E-state index contributed by atoms with van der Waals surface area (Å²) in [5.41, 5.74) is 3.53. The standard InChI is InChI=1S/C15H18N4OS/c1-10-6-17-18(7-10)13-4-11-2-3-12(5-13)19(11)15(20)14-8-21-9-16-14/h6-9,11-13H,2-5H2,1H3. The van der Waals surface area contributed by atoms with Crippen molar-refractivity contribution in [3.05, 3.63) is 34.5 Å². The highest BCUT2D eigenvalue weighted by molar-refractivity contribution is 7.07. The minimum absolute atomic E-state index is 0.110. The highest BCUT2D eigenvalue weighted by Gasteiger charge is 2.44. The summed E-state index contributed by atoms with van der Waals surface area (Å²) in [6.45, 7) is 2.07. The third-order valence-corrected chi connectivity index (χ3v) is 5.29. The molecule has 4 heterocycles. The summed E-state index contributed by atoms with van der Waals surface area (Å²) in [5.74, 6) is 0.110. The van der Waals surface area contributed by atoms with Crippen LogP contribution in [0.5, 0.6) is 0 Å². The van der Waals surface area contributed by atoms with Crippen LogP contribution in [0.25, 0.3) is 0 Å². The van der Waals surface area contributed by atoms with E-state index >= 15 is 0 Å². The lowest BCUT2D eigenvalue weighted by Crippen LogP contribution is -2.47. The Bertz CT molecular complexity index is 636. The van der Waals surface area contributed by atoms with E-state index < -0.39 is 0 Å². The number of hydrogen-bond donors (Lipinski definition) is 0. The average molecular weight is 302 g/mol. The number of amides is 1. The van der Waals surface area contributed by atoms with E-state index in [1.54, 1.807) is 5.51 Å². The van der Waals surface area contributed by atoms with Crippen LogP contribution in [-0.2, 0) is 0 Å². The molecule has 0 spiro atoms. The first-order valence-corrected chi connectivity index (χ1v) is 8.38. The molecule has 6 heteroatoms. The van der Waals surface area contributed by atoms with Crippen LogP contribution in [0.1, 0.15) is 47.8 Å². The van der Waals surface area contributed by atoms with Crippen LogP contribution in [0.2, 0.25) is 0 Å². The Morgan fingerprint density at radius 1 is 1.29 bits per heavy atom. The van der Waals surface area contributed by atoms with Crippen LogP contribution in [0, 0.1) is 6.92 Å². The molecule has 2 saturated heterocycles. The summed E-state index contributed by atoms with van der Waals surface area (Å²) in [6, 6.07) is 1.11. The molecule has 2 aromatic rings. The van der Waals surface area contributed by atoms with Gasteiger partial charge in [0.15, 0.2) is 0 Å². The molecular formula is C15H18N4OS. The third-order valence-electron chi connectivity index (χ3n) is 4.70. The van der Waals surface area contributed by atoms with Crippen molar-refractivity contribution in [1.29, 1.82) is 0 Å². The van der Waals surface area contributed by atoms with Crippen molar-refractivity contribution in [2.45, 2.75) is 50.7 Å². The minimum Gasteiger partial charge on any atom is -0.331 e. The molecule has 4 rings (SSSR count). The molecule has 0 saturated carbocycles. The van der Waals surface area contributed by atoms with E-state index in [2.05, 4.69) is 32.8 Å². The van der Waals surface area contributed by atoms with E-state index in [4.69, 9.17) is 0 Å². The fourth-order valence-electron chi connectivity index (χ4n) is 3.78. The van der Waals surface area contributed by atoms with E-state index in [0.29, 0.717) is 23.8 Å². The van der Waals surface area contributed by atoms with Gasteiger partial charge in [0.1, 0.15) is 5.69 Å². The first kappa shape index (κ1) is 13.0. The van der Waals surface area contributed by atoms with E-state index in [-0.39, 0.29) is 5.91 Å². The SMILES string of the molecule is Cc1cnn(C2CC3CCC(C2)N3C(=O)c2cscn2)c1. The van der Waals surface area contributed by atoms with Gasteiger partial charge in [-0.1, -0.05) is 0 Å². The lowest BCUT2D eigenvalue weighted by atomic mass is 9.97. The Morgan fingerprint density at radius 3 is 2.62 bits per heavy atom. The van der Waals surface area contributed by atoms with Crippen molar-refractivity contribution in [3.63, 3.8) is 0 Å². The Hall–Kier alpha value is -1.69. The monoisotopic (exact) mass is 302 g/mol. The van der Waals surface area contributed by atoms with Crippen LogP contribution in [0.4, 0.5) is 0 Å². The van der Waals surface area contributed by atoms with Crippen molar-refractivity contribution in [2.24, 2.45) is 0 Å². The molecule has 2 aromatic heterocycles. The van der Waals surface area contributed by atoms with Crippen molar-refractivity contribution < 1.29 is 4.79 Å². The molecular weight excluding hydrogens is 284 g/mol. The Morgan fingerprint density at radius 2 is 2.05 bits per heavy atom. The zero-order valence-corrected chi connectivity index (χ0v) is 12.8. The van der Waals surface area contributed by atoms with Crippen LogP contribution < -0.4 is 0 Å². The van der Waals surface area contributed by atoms with Gasteiger partial charge in [0.05, 0.1) is 17.7 Å². The van der Waals surface area contributed by atoms with Gasteiger partial charge in [0.25, 0.3) is 5.91 Å². The Labute approximate surface area is 127 Å². The van der Waals surface area contributed by atoms with Crippen molar-refractivity contribution >= 4 is 17.2 Å². The quantitative estimate of drug-likeness (QED) is 0.857. The van der Waals surface area contributed by atoms with E-state index in [9.17, 15) is 4.79 Å². The molecule has 0 aromatic carbocycles. The largest absolute Gasteiger partial charge is 0.331 e. The maximum atomic E-state index is 12.6. The van der Waals surface area contributed by atoms with Gasteiger partial charge in [-0.2, -0.15) is 5.10 Å². The van der Waals surface area contributed by atoms with Gasteiger partial charge in [0.2, 0.25) is 0 Å². The molecule has 2 fully saturated rings. The predicted molar refractivity (Wildman–Crippen MR) is 80.3 cm³/mol. The van der Waals surface area contributed by atoms with Gasteiger partial charge < -0.3 is 4.90 Å². The molecule has 0 radical (unpaired) electrons. The molecule has 1 amide bonds. The molecule has 2 bridgehead atoms. The van der Waals surface area contributed by atoms with Crippen molar-refractivity contribution in [3.8, 4) is 0 Å². The second-order valence-corrected chi connectivity index (χ2v) is 6.81. The second-order valence-electron chi connectivity index (χ2n) is 6.09. The van der Waals surface area contributed by atoms with Gasteiger partial charge in [-0.15, -0.1) is 11.3 Å². The number of thiazole rings is 1. The predicted octanol–water partition coefficient (Wildman–Crippen LogP) is 2.66. The molecule has 0 N–H and O–H groups in total. The molecule has 2 aliphatic rings. The molecule has 5 nitrogen and oxygen atoms in total. The fraction of sp³-hybridized carbons (Fsp3) is 0.533. The number of aryl methyl sites for hydroxylation is 1. The molecule has 110 valence electrons. The summed E-state index contributed by atoms with van der Waals surface area (Å²) in [7, 11) is 0. The highest BCUT2D eigenvalue weighted by Crippen LogP contribution is 2.41. The van der Waals surface area contributed by atoms with Crippen LogP contribution >= 0.6 is 11.3 Å². The average Bonchev–Trinajstić information content (AvgIpc) is 3.18. The lowest BCUT2D eigenvalue weighted by molar-refractivity contribution is 0.0519. The molecule has 2 aliphatic heterocycles. The van der Waals surface area contributed by atoms with E-state index in [0.717, 1.165) is 25.7 Å². The number of carbonyl (C=O) groups excluding carboxylic acids is 1. The number of nitrogens with zero attached hydrogens (tertiary/aromatic N) is 4. The Kier molecular flexibility index (Phi) is 3.06. The molecule has 2 atom stereocenters. The van der Waals surface area contributed by atoms with Gasteiger partial charge in [-0.3, -0.25) is 9.48 Å². The van der Waals surface area contributed by atoms with E-state index in [1.807, 2.05) is 11.6 Å². The number of aromatic nitrogens is 3. The molecule has 0 aliphatic carbocycles. The maximum absolute atomic E-state index is 12.6. The smallest absolute Gasteiger partial charge is 0.273 e. The highest BCUT2D eigenvalue weighted by atomic mass is 32.1. The van der Waals surface area contributed by atoms with Crippen LogP contribution in [0.15, 0.2) is 23.3 Å². The molecule has 2 unspecified atom stereocenters. The van der Waals surface area contributed by atoms with Crippen molar-refractivity contribution in [2.75, 3.05) is 0 Å². The Balaban J connectivity index is 1.55. The third kappa shape index (κ3) is 2.18. The fourth-order valence-corrected chi connectivity index (χ4v) is 4.30. The zero-order valence-electron chi connectivity index (χ0n) is 12.0. The number of piperidine rings is 1. The number of rotatable bonds is 2. The number of hydrogen-bond acceptors (Lipinski definition) is 4. The number of fused-ring (bicyclic) bond motifs is 2. The van der Waals surface area contributed by atoms with Gasteiger partial charge >= 0.3 is 0 Å². The first-order valence-electron chi connectivity index (χ1n) is 7.44. The summed E-state index contributed by atoms with van der Waals surface area (Å²) in [4.78, 5) is 18.9. The van der Waals surface area contributed by atoms with Crippen molar-refractivity contribution in [1.82, 2.24) is 19.7 Å². The van der Waals surface area contributed by atoms with Gasteiger partial charge in [-0.05, 0) is 38.2 Å². The first-order chi connectivity index (χ1) is 10.2. The molecule has 21 heavy (non-hydrogen) atoms. The minimum atomic E-state index is 0.110. The van der Waals surface area contributed by atoms with Crippen LogP contribution in [-0.4, -0.2) is 37.7 Å². The zero-order chi connectivity index (χ0) is 14.4. The summed E-state index contributed by atoms with van der Waals surface area (Å²) in [6.07, 6.45) is 8.26. The summed E-state index contributed by atoms with van der Waals surface area (Å²) >= 11 is 1.48. The topological polar surface area (TPSA) is 51.0 Å².